The molecule has 0 radical (unpaired) electrons. The van der Waals surface area contributed by atoms with Gasteiger partial charge in [-0.05, 0) is 42.0 Å². The van der Waals surface area contributed by atoms with Gasteiger partial charge in [0.25, 0.3) is 0 Å². The molecule has 0 fully saturated rings. The van der Waals surface area contributed by atoms with Gasteiger partial charge in [-0.25, -0.2) is 9.37 Å². The third-order valence-electron chi connectivity index (χ3n) is 6.03. The average molecular weight is 449 g/mol. The number of fused-ring (bicyclic) bond motifs is 2. The van der Waals surface area contributed by atoms with E-state index >= 15 is 0 Å². The number of nitrogens with zero attached hydrogens (tertiary/aromatic N) is 4. The first-order valence-corrected chi connectivity index (χ1v) is 10.9. The number of H-pyrrole nitrogens is 2. The zero-order chi connectivity index (χ0) is 23.2. The fraction of sp³-hybridized carbons (Fsp3) is 0.0741. The molecule has 0 spiro atoms. The van der Waals surface area contributed by atoms with Gasteiger partial charge >= 0.3 is 0 Å². The molecule has 4 heterocycles. The molecular weight excluding hydrogens is 427 g/mol. The van der Waals surface area contributed by atoms with Crippen molar-refractivity contribution in [2.75, 3.05) is 19.0 Å². The van der Waals surface area contributed by atoms with E-state index in [1.807, 2.05) is 73.9 Å². The van der Waals surface area contributed by atoms with Crippen molar-refractivity contribution in [2.24, 2.45) is 0 Å². The van der Waals surface area contributed by atoms with Crippen molar-refractivity contribution in [3.05, 3.63) is 84.9 Å². The van der Waals surface area contributed by atoms with E-state index in [2.05, 4.69) is 26.2 Å². The molecule has 7 heteroatoms. The highest BCUT2D eigenvalue weighted by Crippen LogP contribution is 2.35. The van der Waals surface area contributed by atoms with Crippen LogP contribution in [0.4, 0.5) is 10.1 Å². The van der Waals surface area contributed by atoms with Crippen LogP contribution in [0.15, 0.2) is 79.1 Å². The first kappa shape index (κ1) is 20.1. The molecule has 6 aromatic rings. The predicted octanol–water partition coefficient (Wildman–Crippen LogP) is 6.04. The van der Waals surface area contributed by atoms with Gasteiger partial charge in [-0.2, -0.15) is 5.10 Å². The summed E-state index contributed by atoms with van der Waals surface area (Å²) in [6.07, 6.45) is 3.63. The normalized spacial score (nSPS) is 11.4. The molecule has 0 saturated heterocycles. The van der Waals surface area contributed by atoms with E-state index in [1.54, 1.807) is 12.1 Å². The van der Waals surface area contributed by atoms with Crippen molar-refractivity contribution in [1.82, 2.24) is 25.1 Å². The van der Waals surface area contributed by atoms with Crippen LogP contribution < -0.4 is 4.90 Å². The summed E-state index contributed by atoms with van der Waals surface area (Å²) in [6, 6.07) is 20.7. The second kappa shape index (κ2) is 7.81. The largest absolute Gasteiger partial charge is 0.376 e. The van der Waals surface area contributed by atoms with Gasteiger partial charge in [0.1, 0.15) is 17.0 Å². The third kappa shape index (κ3) is 3.29. The first-order valence-electron chi connectivity index (χ1n) is 10.9. The Morgan fingerprint density at radius 3 is 2.56 bits per heavy atom. The summed E-state index contributed by atoms with van der Waals surface area (Å²) in [5.74, 6) is -0.247. The minimum absolute atomic E-state index is 0.247. The zero-order valence-corrected chi connectivity index (χ0v) is 18.7. The van der Waals surface area contributed by atoms with Crippen LogP contribution in [0.5, 0.6) is 0 Å². The van der Waals surface area contributed by atoms with E-state index in [4.69, 9.17) is 4.98 Å². The number of nitrogens with one attached hydrogen (secondary N) is 2. The van der Waals surface area contributed by atoms with Gasteiger partial charge in [-0.15, -0.1) is 0 Å². The first-order chi connectivity index (χ1) is 16.6. The van der Waals surface area contributed by atoms with E-state index in [9.17, 15) is 4.39 Å². The van der Waals surface area contributed by atoms with Crippen molar-refractivity contribution in [1.29, 1.82) is 0 Å². The highest BCUT2D eigenvalue weighted by atomic mass is 19.1. The second-order valence-corrected chi connectivity index (χ2v) is 8.42. The van der Waals surface area contributed by atoms with E-state index < -0.39 is 0 Å². The Morgan fingerprint density at radius 1 is 0.853 bits per heavy atom. The third-order valence-corrected chi connectivity index (χ3v) is 6.03. The Balaban J connectivity index is 1.49. The quantitative estimate of drug-likeness (QED) is 0.345. The van der Waals surface area contributed by atoms with Crippen molar-refractivity contribution in [3.8, 4) is 33.8 Å². The molecule has 0 aliphatic carbocycles. The van der Waals surface area contributed by atoms with E-state index in [-0.39, 0.29) is 5.82 Å². The van der Waals surface area contributed by atoms with Gasteiger partial charge in [0.2, 0.25) is 0 Å². The number of rotatable bonds is 4. The lowest BCUT2D eigenvalue weighted by Gasteiger charge is -2.12. The minimum atomic E-state index is -0.247. The smallest absolute Gasteiger partial charge is 0.135 e. The van der Waals surface area contributed by atoms with Crippen LogP contribution in [-0.2, 0) is 0 Å². The SMILES string of the molecule is CN(C)c1cncc(-c2ccc3[nH]nc(-c4cc5c(-c6ccccc6F)cccc5[nH]4)c3n2)c1. The summed E-state index contributed by atoms with van der Waals surface area (Å²) < 4.78 is 14.5. The van der Waals surface area contributed by atoms with Gasteiger partial charge in [0, 0.05) is 42.3 Å². The number of hydrogen-bond acceptors (Lipinski definition) is 4. The summed E-state index contributed by atoms with van der Waals surface area (Å²) in [7, 11) is 3.97. The van der Waals surface area contributed by atoms with E-state index in [0.717, 1.165) is 50.1 Å². The van der Waals surface area contributed by atoms with Gasteiger partial charge in [0.15, 0.2) is 0 Å². The van der Waals surface area contributed by atoms with Crippen LogP contribution in [0.2, 0.25) is 0 Å². The average Bonchev–Trinajstić information content (AvgIpc) is 3.48. The number of halogens is 1. The molecule has 2 aromatic carbocycles. The summed E-state index contributed by atoms with van der Waals surface area (Å²) in [5.41, 5.74) is 8.17. The number of pyridine rings is 2. The standard InChI is InChI=1S/C27H21FN6/c1-34(2)17-12-16(14-29-15-17)22-10-11-24-26(31-22)27(33-32-24)25-13-20-18(7-5-9-23(20)30-25)19-6-3-4-8-21(19)28/h3-15,30H,1-2H3,(H,32,33). The summed E-state index contributed by atoms with van der Waals surface area (Å²) in [5, 5.41) is 8.55. The highest BCUT2D eigenvalue weighted by molar-refractivity contribution is 6.00. The minimum Gasteiger partial charge on any atom is -0.376 e. The lowest BCUT2D eigenvalue weighted by molar-refractivity contribution is 0.631. The Kier molecular flexibility index (Phi) is 4.62. The Labute approximate surface area is 195 Å². The summed E-state index contributed by atoms with van der Waals surface area (Å²) >= 11 is 0. The fourth-order valence-electron chi connectivity index (χ4n) is 4.26. The maximum atomic E-state index is 14.5. The molecule has 0 amide bonds. The lowest BCUT2D eigenvalue weighted by atomic mass is 10.0. The van der Waals surface area contributed by atoms with Crippen molar-refractivity contribution >= 4 is 27.6 Å². The highest BCUT2D eigenvalue weighted by Gasteiger charge is 2.16. The number of hydrogen-bond donors (Lipinski definition) is 2. The van der Waals surface area contributed by atoms with Gasteiger partial charge in [-0.1, -0.05) is 30.3 Å². The van der Waals surface area contributed by atoms with Crippen LogP contribution in [0, 0.1) is 5.82 Å². The van der Waals surface area contributed by atoms with Crippen LogP contribution >= 0.6 is 0 Å². The molecule has 0 unspecified atom stereocenters. The van der Waals surface area contributed by atoms with Gasteiger partial charge < -0.3 is 9.88 Å². The molecule has 0 atom stereocenters. The predicted molar refractivity (Wildman–Crippen MR) is 134 cm³/mol. The Morgan fingerprint density at radius 2 is 1.71 bits per heavy atom. The molecular formula is C27H21FN6. The molecule has 4 aromatic heterocycles. The number of aromatic amines is 2. The Bertz CT molecular complexity index is 1660. The number of benzene rings is 2. The zero-order valence-electron chi connectivity index (χ0n) is 18.7. The number of anilines is 1. The molecule has 166 valence electrons. The molecule has 2 N–H and O–H groups in total. The molecule has 0 saturated carbocycles. The van der Waals surface area contributed by atoms with Crippen molar-refractivity contribution in [2.45, 2.75) is 0 Å². The maximum absolute atomic E-state index is 14.5. The molecule has 6 nitrogen and oxygen atoms in total. The monoisotopic (exact) mass is 448 g/mol. The van der Waals surface area contributed by atoms with Crippen molar-refractivity contribution in [3.63, 3.8) is 0 Å². The van der Waals surface area contributed by atoms with Crippen molar-refractivity contribution < 1.29 is 4.39 Å². The maximum Gasteiger partial charge on any atom is 0.135 e. The van der Waals surface area contributed by atoms with Gasteiger partial charge in [-0.3, -0.25) is 10.1 Å². The lowest BCUT2D eigenvalue weighted by Crippen LogP contribution is -2.08. The molecule has 0 aliphatic heterocycles. The van der Waals surface area contributed by atoms with Crippen LogP contribution in [0.1, 0.15) is 0 Å². The van der Waals surface area contributed by atoms with Crippen LogP contribution in [0.25, 0.3) is 55.7 Å². The van der Waals surface area contributed by atoms with Crippen LogP contribution in [0.3, 0.4) is 0 Å². The van der Waals surface area contributed by atoms with E-state index in [0.29, 0.717) is 11.3 Å². The topological polar surface area (TPSA) is 73.5 Å². The van der Waals surface area contributed by atoms with Crippen LogP contribution in [-0.4, -0.2) is 39.2 Å². The molecule has 0 aliphatic rings. The number of aromatic nitrogens is 5. The van der Waals surface area contributed by atoms with Gasteiger partial charge in [0.05, 0.1) is 28.8 Å². The second-order valence-electron chi connectivity index (χ2n) is 8.42. The fourth-order valence-corrected chi connectivity index (χ4v) is 4.26. The summed E-state index contributed by atoms with van der Waals surface area (Å²) in [4.78, 5) is 14.7. The molecule has 34 heavy (non-hydrogen) atoms. The molecule has 6 rings (SSSR count). The summed E-state index contributed by atoms with van der Waals surface area (Å²) in [6.45, 7) is 0. The molecule has 0 bridgehead atoms. The van der Waals surface area contributed by atoms with E-state index in [1.165, 1.54) is 6.07 Å². The Hall–Kier alpha value is -4.52.